The van der Waals surface area contributed by atoms with Crippen LogP contribution < -0.4 is 10.2 Å². The summed E-state index contributed by atoms with van der Waals surface area (Å²) in [5.74, 6) is 0.0423. The highest BCUT2D eigenvalue weighted by atomic mass is 16.7. The second-order valence-corrected chi connectivity index (χ2v) is 6.43. The molecule has 1 aromatic carbocycles. The average Bonchev–Trinajstić information content (AvgIpc) is 3.14. The molecule has 1 aliphatic heterocycles. The Balaban J connectivity index is 1.68. The van der Waals surface area contributed by atoms with Crippen LogP contribution in [-0.4, -0.2) is 36.5 Å². The quantitative estimate of drug-likeness (QED) is 0.578. The lowest BCUT2D eigenvalue weighted by Crippen LogP contribution is -2.24. The fourth-order valence-corrected chi connectivity index (χ4v) is 2.95. The summed E-state index contributed by atoms with van der Waals surface area (Å²) in [5.41, 5.74) is 3.30. The Bertz CT molecular complexity index is 570. The van der Waals surface area contributed by atoms with Gasteiger partial charge in [-0.05, 0) is 63.4 Å². The molecule has 0 radical (unpaired) electrons. The van der Waals surface area contributed by atoms with Gasteiger partial charge in [0.1, 0.15) is 5.75 Å². The Morgan fingerprint density at radius 1 is 1.24 bits per heavy atom. The normalized spacial score (nSPS) is 15.6. The monoisotopic (exact) mass is 348 g/mol. The van der Waals surface area contributed by atoms with Crippen molar-refractivity contribution in [2.45, 2.75) is 52.0 Å². The van der Waals surface area contributed by atoms with Gasteiger partial charge in [0, 0.05) is 19.4 Å². The van der Waals surface area contributed by atoms with Crippen molar-refractivity contribution in [1.29, 1.82) is 0 Å². The van der Waals surface area contributed by atoms with Gasteiger partial charge in [-0.2, -0.15) is 5.48 Å². The summed E-state index contributed by atoms with van der Waals surface area (Å²) in [7, 11) is 0. The van der Waals surface area contributed by atoms with Crippen LogP contribution in [0.3, 0.4) is 0 Å². The molecule has 1 fully saturated rings. The maximum absolute atomic E-state index is 11.3. The third kappa shape index (κ3) is 6.74. The summed E-state index contributed by atoms with van der Waals surface area (Å²) in [4.78, 5) is 29.0. The first-order valence-corrected chi connectivity index (χ1v) is 8.99. The maximum atomic E-state index is 11.3. The Labute approximate surface area is 149 Å². The van der Waals surface area contributed by atoms with Crippen LogP contribution in [0.1, 0.15) is 57.6 Å². The molecule has 0 aliphatic carbocycles. The Morgan fingerprint density at radius 2 is 2.00 bits per heavy atom. The predicted molar refractivity (Wildman–Crippen MR) is 94.9 cm³/mol. The van der Waals surface area contributed by atoms with Gasteiger partial charge in [-0.1, -0.05) is 12.1 Å². The van der Waals surface area contributed by atoms with Crippen molar-refractivity contribution < 1.29 is 19.2 Å². The molecule has 1 atom stereocenters. The highest BCUT2D eigenvalue weighted by Crippen LogP contribution is 2.27. The van der Waals surface area contributed by atoms with E-state index >= 15 is 0 Å². The lowest BCUT2D eigenvalue weighted by Gasteiger charge is -2.24. The van der Waals surface area contributed by atoms with Gasteiger partial charge in [0.15, 0.2) is 0 Å². The standard InChI is InChI=1S/C19H28N2O4/c1-15(21-11-4-5-12-21)17-8-7-9-18(14-17)24-13-6-3-10-19(23)25-20-16(2)22/h7-9,14-15H,3-6,10-13H2,1-2H3,(H,20,22). The number of rotatable bonds is 8. The van der Waals surface area contributed by atoms with Gasteiger partial charge in [-0.3, -0.25) is 9.69 Å². The van der Waals surface area contributed by atoms with Gasteiger partial charge in [0.05, 0.1) is 6.61 Å². The number of ether oxygens (including phenoxy) is 1. The molecule has 0 saturated carbocycles. The molecule has 25 heavy (non-hydrogen) atoms. The topological polar surface area (TPSA) is 67.9 Å². The minimum absolute atomic E-state index is 0.260. The summed E-state index contributed by atoms with van der Waals surface area (Å²) in [6, 6.07) is 8.66. The molecule has 0 bridgehead atoms. The number of benzene rings is 1. The van der Waals surface area contributed by atoms with E-state index in [1.54, 1.807) is 0 Å². The molecule has 6 heteroatoms. The number of nitrogens with one attached hydrogen (secondary N) is 1. The highest BCUT2D eigenvalue weighted by molar-refractivity contribution is 5.75. The van der Waals surface area contributed by atoms with E-state index in [4.69, 9.17) is 4.74 Å². The van der Waals surface area contributed by atoms with Crippen LogP contribution >= 0.6 is 0 Å². The van der Waals surface area contributed by atoms with Crippen LogP contribution in [-0.2, 0) is 14.4 Å². The highest BCUT2D eigenvalue weighted by Gasteiger charge is 2.19. The summed E-state index contributed by atoms with van der Waals surface area (Å²) < 4.78 is 5.80. The van der Waals surface area contributed by atoms with Gasteiger partial charge in [-0.25, -0.2) is 4.79 Å². The average molecular weight is 348 g/mol. The van der Waals surface area contributed by atoms with Crippen molar-refractivity contribution in [2.75, 3.05) is 19.7 Å². The number of carbonyl (C=O) groups excluding carboxylic acids is 2. The molecule has 2 rings (SSSR count). The van der Waals surface area contributed by atoms with Crippen LogP contribution in [0.2, 0.25) is 0 Å². The fraction of sp³-hybridized carbons (Fsp3) is 0.579. The predicted octanol–water partition coefficient (Wildman–Crippen LogP) is 2.99. The molecule has 0 spiro atoms. The van der Waals surface area contributed by atoms with Crippen molar-refractivity contribution in [1.82, 2.24) is 10.4 Å². The van der Waals surface area contributed by atoms with Gasteiger partial charge < -0.3 is 9.57 Å². The summed E-state index contributed by atoms with van der Waals surface area (Å²) in [6.07, 6.45) is 4.23. The number of nitrogens with zero attached hydrogens (tertiary/aromatic N) is 1. The van der Waals surface area contributed by atoms with Crippen molar-refractivity contribution in [2.24, 2.45) is 0 Å². The van der Waals surface area contributed by atoms with E-state index in [9.17, 15) is 9.59 Å². The molecule has 0 aromatic heterocycles. The number of hydrogen-bond acceptors (Lipinski definition) is 5. The first-order chi connectivity index (χ1) is 12.1. The molecule has 1 unspecified atom stereocenters. The van der Waals surface area contributed by atoms with Crippen molar-refractivity contribution in [3.8, 4) is 5.75 Å². The molecule has 1 aromatic rings. The van der Waals surface area contributed by atoms with E-state index in [1.165, 1.54) is 38.4 Å². The van der Waals surface area contributed by atoms with Crippen LogP contribution in [0.25, 0.3) is 0 Å². The molecule has 1 N–H and O–H groups in total. The number of amides is 1. The zero-order valence-electron chi connectivity index (χ0n) is 15.1. The smallest absolute Gasteiger partial charge is 0.332 e. The lowest BCUT2D eigenvalue weighted by molar-refractivity contribution is -0.157. The number of unbranched alkanes of at least 4 members (excludes halogenated alkanes) is 1. The van der Waals surface area contributed by atoms with Crippen LogP contribution in [0.5, 0.6) is 5.75 Å². The first kappa shape index (κ1) is 19.2. The minimum atomic E-state index is -0.434. The number of carbonyl (C=O) groups is 2. The van der Waals surface area contributed by atoms with Gasteiger partial charge in [0.2, 0.25) is 5.91 Å². The molecular formula is C19H28N2O4. The zero-order chi connectivity index (χ0) is 18.1. The fourth-order valence-electron chi connectivity index (χ4n) is 2.95. The number of hydrogen-bond donors (Lipinski definition) is 1. The first-order valence-electron chi connectivity index (χ1n) is 8.99. The summed E-state index contributed by atoms with van der Waals surface area (Å²) in [5, 5.41) is 0. The Hall–Kier alpha value is -2.08. The van der Waals surface area contributed by atoms with Crippen LogP contribution in [0.4, 0.5) is 0 Å². The van der Waals surface area contributed by atoms with Crippen molar-refractivity contribution in [3.63, 3.8) is 0 Å². The lowest BCUT2D eigenvalue weighted by atomic mass is 10.1. The number of hydroxylamine groups is 1. The van der Waals surface area contributed by atoms with E-state index < -0.39 is 5.97 Å². The van der Waals surface area contributed by atoms with E-state index in [2.05, 4.69) is 28.8 Å². The molecule has 1 saturated heterocycles. The zero-order valence-corrected chi connectivity index (χ0v) is 15.1. The van der Waals surface area contributed by atoms with Crippen molar-refractivity contribution >= 4 is 11.9 Å². The van der Waals surface area contributed by atoms with Gasteiger partial charge >= 0.3 is 5.97 Å². The summed E-state index contributed by atoms with van der Waals surface area (Å²) >= 11 is 0. The van der Waals surface area contributed by atoms with Gasteiger partial charge in [0.25, 0.3) is 0 Å². The molecule has 1 heterocycles. The SMILES string of the molecule is CC(=O)NOC(=O)CCCCOc1cccc(C(C)N2CCCC2)c1. The maximum Gasteiger partial charge on any atom is 0.332 e. The Morgan fingerprint density at radius 3 is 2.72 bits per heavy atom. The van der Waals surface area contributed by atoms with Crippen LogP contribution in [0.15, 0.2) is 24.3 Å². The van der Waals surface area contributed by atoms with Crippen molar-refractivity contribution in [3.05, 3.63) is 29.8 Å². The van der Waals surface area contributed by atoms with E-state index in [0.717, 1.165) is 12.2 Å². The molecule has 1 amide bonds. The third-order valence-corrected chi connectivity index (χ3v) is 4.38. The summed E-state index contributed by atoms with van der Waals surface area (Å²) in [6.45, 7) is 6.42. The van der Waals surface area contributed by atoms with E-state index in [0.29, 0.717) is 19.1 Å². The second-order valence-electron chi connectivity index (χ2n) is 6.43. The second kappa shape index (κ2) is 10.0. The minimum Gasteiger partial charge on any atom is -0.494 e. The van der Waals surface area contributed by atoms with E-state index in [1.807, 2.05) is 17.6 Å². The Kier molecular flexibility index (Phi) is 7.73. The third-order valence-electron chi connectivity index (χ3n) is 4.38. The van der Waals surface area contributed by atoms with Crippen LogP contribution in [0, 0.1) is 0 Å². The largest absolute Gasteiger partial charge is 0.494 e. The van der Waals surface area contributed by atoms with E-state index in [-0.39, 0.29) is 12.3 Å². The van der Waals surface area contributed by atoms with Gasteiger partial charge in [-0.15, -0.1) is 0 Å². The molecular weight excluding hydrogens is 320 g/mol. The number of likely N-dealkylation sites (tertiary alicyclic amines) is 1. The molecule has 1 aliphatic rings. The molecule has 6 nitrogen and oxygen atoms in total. The molecule has 138 valence electrons.